The van der Waals surface area contributed by atoms with Crippen molar-refractivity contribution in [3.05, 3.63) is 0 Å². The molecule has 0 aliphatic heterocycles. The molecule has 0 radical (unpaired) electrons. The molecular weight excluding hydrogens is 348 g/mol. The molecule has 148 valence electrons. The lowest BCUT2D eigenvalue weighted by molar-refractivity contribution is -0.310. The van der Waals surface area contributed by atoms with E-state index in [2.05, 4.69) is 4.74 Å². The Balaban J connectivity index is 0.000000496. The second-order valence-corrected chi connectivity index (χ2v) is 6.00. The van der Waals surface area contributed by atoms with E-state index in [1.807, 2.05) is 0 Å². The number of halogens is 4. The first-order valence-electron chi connectivity index (χ1n) is 8.23. The Kier molecular flexibility index (Phi) is 9.57. The summed E-state index contributed by atoms with van der Waals surface area (Å²) in [4.78, 5) is 21.3. The molecule has 0 bridgehead atoms. The Hall–Kier alpha value is -1.22. The predicted molar refractivity (Wildman–Crippen MR) is 81.3 cm³/mol. The van der Waals surface area contributed by atoms with Gasteiger partial charge >= 0.3 is 11.9 Å². The highest BCUT2D eigenvalue weighted by Gasteiger charge is 2.52. The summed E-state index contributed by atoms with van der Waals surface area (Å²) in [6, 6.07) is 0. The van der Waals surface area contributed by atoms with E-state index in [1.165, 1.54) is 0 Å². The fourth-order valence-electron chi connectivity index (χ4n) is 2.13. The molecule has 2 N–H and O–H groups in total. The molecule has 5 nitrogen and oxygen atoms in total. The van der Waals surface area contributed by atoms with E-state index in [-0.39, 0.29) is 25.2 Å². The van der Waals surface area contributed by atoms with Crippen molar-refractivity contribution >= 4 is 11.8 Å². The van der Waals surface area contributed by atoms with E-state index in [1.54, 1.807) is 6.92 Å². The van der Waals surface area contributed by atoms with Crippen LogP contribution in [0, 0.1) is 0 Å². The number of carbonyl (C=O) groups is 2. The van der Waals surface area contributed by atoms with E-state index in [0.717, 1.165) is 6.92 Å². The first-order chi connectivity index (χ1) is 11.4. The number of hydrogen-bond donors (Lipinski definition) is 2. The third-order valence-corrected chi connectivity index (χ3v) is 3.79. The molecule has 0 amide bonds. The maximum Gasteiger partial charge on any atom is 0.305 e. The second kappa shape index (κ2) is 10.1. The van der Waals surface area contributed by atoms with Gasteiger partial charge in [-0.25, -0.2) is 8.78 Å². The van der Waals surface area contributed by atoms with Crippen molar-refractivity contribution in [1.82, 2.24) is 0 Å². The van der Waals surface area contributed by atoms with Gasteiger partial charge in [-0.3, -0.25) is 9.59 Å². The smallest absolute Gasteiger partial charge is 0.305 e. The lowest BCUT2D eigenvalue weighted by Gasteiger charge is -2.34. The number of hydrogen-bond acceptors (Lipinski definition) is 5. The van der Waals surface area contributed by atoms with Crippen LogP contribution in [0.3, 0.4) is 0 Å². The van der Waals surface area contributed by atoms with E-state index >= 15 is 0 Å². The summed E-state index contributed by atoms with van der Waals surface area (Å²) in [7, 11) is 0. The van der Waals surface area contributed by atoms with Gasteiger partial charge in [0.15, 0.2) is 5.78 Å². The predicted octanol–water partition coefficient (Wildman–Crippen LogP) is 3.21. The monoisotopic (exact) mass is 374 g/mol. The van der Waals surface area contributed by atoms with E-state index < -0.39 is 36.3 Å². The zero-order valence-corrected chi connectivity index (χ0v) is 14.5. The minimum absolute atomic E-state index is 0.127. The summed E-state index contributed by atoms with van der Waals surface area (Å²) >= 11 is 0. The summed E-state index contributed by atoms with van der Waals surface area (Å²) in [5.74, 6) is -10.8. The Morgan fingerprint density at radius 3 is 2.08 bits per heavy atom. The van der Waals surface area contributed by atoms with E-state index in [0.29, 0.717) is 25.9 Å². The molecule has 0 heterocycles. The molecule has 1 fully saturated rings. The molecule has 9 heteroatoms. The molecular formula is C16H26F4O5. The molecule has 1 saturated carbocycles. The van der Waals surface area contributed by atoms with Crippen LogP contribution in [0.4, 0.5) is 17.6 Å². The molecule has 1 aliphatic rings. The normalized spacial score (nSPS) is 18.7. The number of ether oxygens (including phenoxy) is 1. The Morgan fingerprint density at radius 2 is 1.68 bits per heavy atom. The third-order valence-electron chi connectivity index (χ3n) is 3.79. The van der Waals surface area contributed by atoms with Crippen LogP contribution in [0.25, 0.3) is 0 Å². The van der Waals surface area contributed by atoms with Crippen LogP contribution in [-0.4, -0.2) is 46.2 Å². The van der Waals surface area contributed by atoms with Crippen LogP contribution in [0.5, 0.6) is 0 Å². The molecule has 0 spiro atoms. The van der Waals surface area contributed by atoms with Crippen molar-refractivity contribution in [1.29, 1.82) is 0 Å². The summed E-state index contributed by atoms with van der Waals surface area (Å²) in [6.07, 6.45) is 0.287. The quantitative estimate of drug-likeness (QED) is 0.309. The summed E-state index contributed by atoms with van der Waals surface area (Å²) in [5, 5.41) is 17.4. The number of carbonyl (C=O) groups excluding carboxylic acids is 2. The molecule has 0 aromatic heterocycles. The number of unbranched alkanes of at least 4 members (excludes halogenated alkanes) is 1. The molecule has 1 rings (SSSR count). The number of alkyl halides is 4. The molecule has 25 heavy (non-hydrogen) atoms. The third kappa shape index (κ3) is 8.62. The molecule has 1 aliphatic carbocycles. The minimum atomic E-state index is -3.31. The Morgan fingerprint density at radius 1 is 1.12 bits per heavy atom. The Labute approximate surface area is 144 Å². The van der Waals surface area contributed by atoms with Gasteiger partial charge in [-0.2, -0.15) is 8.78 Å². The van der Waals surface area contributed by atoms with E-state index in [9.17, 15) is 27.2 Å². The van der Waals surface area contributed by atoms with Crippen LogP contribution in [0.15, 0.2) is 0 Å². The SMILES string of the molecule is CCOC(=O)CCCCC(F)(F)C(C)=O.OC1(O)CCCCC1(F)F. The highest BCUT2D eigenvalue weighted by Crippen LogP contribution is 2.39. The largest absolute Gasteiger partial charge is 0.466 e. The van der Waals surface area contributed by atoms with E-state index in [4.69, 9.17) is 10.2 Å². The van der Waals surface area contributed by atoms with Crippen molar-refractivity contribution in [3.63, 3.8) is 0 Å². The van der Waals surface area contributed by atoms with Gasteiger partial charge in [0.1, 0.15) is 0 Å². The van der Waals surface area contributed by atoms with Gasteiger partial charge in [0.2, 0.25) is 5.79 Å². The molecule has 0 unspecified atom stereocenters. The van der Waals surface area contributed by atoms with Crippen molar-refractivity contribution in [2.24, 2.45) is 0 Å². The van der Waals surface area contributed by atoms with Crippen LogP contribution < -0.4 is 0 Å². The van der Waals surface area contributed by atoms with Crippen LogP contribution in [0.2, 0.25) is 0 Å². The molecule has 0 atom stereocenters. The van der Waals surface area contributed by atoms with Crippen molar-refractivity contribution in [2.75, 3.05) is 6.61 Å². The van der Waals surface area contributed by atoms with Gasteiger partial charge in [0.05, 0.1) is 6.61 Å². The standard InChI is InChI=1S/C10H16F2O3.C6H10F2O2/c1-3-15-9(14)6-4-5-7-10(11,12)8(2)13;7-5(8)3-1-2-4-6(5,9)10/h3-7H2,1-2H3;9-10H,1-4H2. The van der Waals surface area contributed by atoms with Gasteiger partial charge in [-0.05, 0) is 32.6 Å². The Bertz CT molecular complexity index is 422. The maximum absolute atomic E-state index is 12.8. The number of aliphatic hydroxyl groups is 2. The second-order valence-electron chi connectivity index (χ2n) is 6.00. The molecule has 0 aromatic rings. The van der Waals surface area contributed by atoms with Crippen molar-refractivity contribution < 1.29 is 42.1 Å². The van der Waals surface area contributed by atoms with Gasteiger partial charge in [0.25, 0.3) is 5.92 Å². The minimum Gasteiger partial charge on any atom is -0.466 e. The summed E-state index contributed by atoms with van der Waals surface area (Å²) in [5.41, 5.74) is 0. The average Bonchev–Trinajstić information content (AvgIpc) is 2.48. The number of ketones is 1. The highest BCUT2D eigenvalue weighted by atomic mass is 19.3. The van der Waals surface area contributed by atoms with Crippen molar-refractivity contribution in [3.8, 4) is 0 Å². The van der Waals surface area contributed by atoms with Gasteiger partial charge in [0, 0.05) is 32.6 Å². The molecule has 0 saturated heterocycles. The maximum atomic E-state index is 12.8. The van der Waals surface area contributed by atoms with Gasteiger partial charge in [-0.15, -0.1) is 0 Å². The summed E-state index contributed by atoms with van der Waals surface area (Å²) in [6.45, 7) is 2.84. The zero-order chi connectivity index (χ0) is 19.7. The zero-order valence-electron chi connectivity index (χ0n) is 14.5. The lowest BCUT2D eigenvalue weighted by atomic mass is 9.91. The highest BCUT2D eigenvalue weighted by molar-refractivity contribution is 5.82. The first-order valence-corrected chi connectivity index (χ1v) is 8.23. The first kappa shape index (κ1) is 23.8. The van der Waals surface area contributed by atoms with Crippen LogP contribution >= 0.6 is 0 Å². The van der Waals surface area contributed by atoms with Gasteiger partial charge < -0.3 is 14.9 Å². The number of Topliss-reactive ketones (excluding diaryl/α,β-unsaturated/α-hetero) is 1. The number of rotatable bonds is 7. The van der Waals surface area contributed by atoms with Crippen LogP contribution in [-0.2, 0) is 14.3 Å². The van der Waals surface area contributed by atoms with Crippen molar-refractivity contribution in [2.45, 2.75) is 82.8 Å². The summed E-state index contributed by atoms with van der Waals surface area (Å²) < 4.78 is 55.1. The lowest BCUT2D eigenvalue weighted by Crippen LogP contribution is -2.50. The topological polar surface area (TPSA) is 83.8 Å². The van der Waals surface area contributed by atoms with Crippen LogP contribution in [0.1, 0.15) is 65.2 Å². The average molecular weight is 374 g/mol. The van der Waals surface area contributed by atoms with Gasteiger partial charge in [-0.1, -0.05) is 0 Å². The molecule has 0 aromatic carbocycles. The fourth-order valence-corrected chi connectivity index (χ4v) is 2.13. The number of esters is 1. The fraction of sp³-hybridized carbons (Fsp3) is 0.875.